The summed E-state index contributed by atoms with van der Waals surface area (Å²) in [6.45, 7) is 4.53. The van der Waals surface area contributed by atoms with Gasteiger partial charge in [0.2, 0.25) is 0 Å². The van der Waals surface area contributed by atoms with E-state index in [1.165, 1.54) is 6.92 Å². The zero-order valence-corrected chi connectivity index (χ0v) is 15.1. The molecule has 0 saturated heterocycles. The maximum Gasteiger partial charge on any atom is 1.00 e. The van der Waals surface area contributed by atoms with Crippen molar-refractivity contribution in [1.29, 1.82) is 0 Å². The second-order valence-corrected chi connectivity index (χ2v) is 5.33. The smallest absolute Gasteiger partial charge is 0.550 e. The van der Waals surface area contributed by atoms with Crippen molar-refractivity contribution in [2.75, 3.05) is 13.2 Å². The summed E-state index contributed by atoms with van der Waals surface area (Å²) in [4.78, 5) is 22.1. The van der Waals surface area contributed by atoms with Crippen LogP contribution in [0.2, 0.25) is 0 Å². The zero-order valence-electron chi connectivity index (χ0n) is 12.3. The van der Waals surface area contributed by atoms with Gasteiger partial charge in [0.1, 0.15) is 0 Å². The predicted octanol–water partition coefficient (Wildman–Crippen LogP) is -4.32. The summed E-state index contributed by atoms with van der Waals surface area (Å²) in [6, 6.07) is 0. The number of carboxylic acids is 1. The van der Waals surface area contributed by atoms with E-state index < -0.39 is 39.7 Å². The molecular formula is C10H17NaO9S. The van der Waals surface area contributed by atoms with Gasteiger partial charge in [-0.05, 0) is 13.8 Å². The Morgan fingerprint density at radius 3 is 1.95 bits per heavy atom. The first-order valence-corrected chi connectivity index (χ1v) is 7.23. The van der Waals surface area contributed by atoms with Gasteiger partial charge in [0.05, 0.1) is 13.2 Å². The van der Waals surface area contributed by atoms with Crippen molar-refractivity contribution in [2.45, 2.75) is 38.4 Å². The number of hydrogen-bond acceptors (Lipinski definition) is 8. The number of carboxylic acid groups (broad SMARTS) is 1. The van der Waals surface area contributed by atoms with Crippen molar-refractivity contribution in [2.24, 2.45) is 0 Å². The molecule has 0 fully saturated rings. The Labute approximate surface area is 145 Å². The molecule has 0 bridgehead atoms. The van der Waals surface area contributed by atoms with Crippen molar-refractivity contribution < 1.29 is 71.4 Å². The summed E-state index contributed by atoms with van der Waals surface area (Å²) in [6.07, 6.45) is -1.24. The molecule has 0 aliphatic carbocycles. The van der Waals surface area contributed by atoms with E-state index in [1.807, 2.05) is 0 Å². The molecule has 0 amide bonds. The molecule has 21 heavy (non-hydrogen) atoms. The van der Waals surface area contributed by atoms with E-state index >= 15 is 0 Å². The van der Waals surface area contributed by atoms with E-state index in [0.717, 1.165) is 0 Å². The topological polar surface area (TPSA) is 139 Å². The minimum atomic E-state index is -4.97. The van der Waals surface area contributed by atoms with E-state index in [-0.39, 0.29) is 42.8 Å². The van der Waals surface area contributed by atoms with Gasteiger partial charge >= 0.3 is 41.5 Å². The summed E-state index contributed by atoms with van der Waals surface area (Å²) >= 11 is 0. The fourth-order valence-electron chi connectivity index (χ4n) is 1.34. The van der Waals surface area contributed by atoms with Crippen LogP contribution in [0.1, 0.15) is 27.2 Å². The molecule has 118 valence electrons. The van der Waals surface area contributed by atoms with Crippen molar-refractivity contribution in [1.82, 2.24) is 0 Å². The molecule has 0 spiro atoms. The van der Waals surface area contributed by atoms with Crippen molar-refractivity contribution in [3.8, 4) is 0 Å². The number of rotatable bonds is 9. The molecule has 1 N–H and O–H groups in total. The Hall–Kier alpha value is -0.230. The third kappa shape index (κ3) is 8.71. The first kappa shape index (κ1) is 23.0. The van der Waals surface area contributed by atoms with Gasteiger partial charge in [0.25, 0.3) is 10.1 Å². The summed E-state index contributed by atoms with van der Waals surface area (Å²) < 4.78 is 45.5. The standard InChI is InChI=1S/C10H18O9S.Na/c1-4-17-10(3,18-5-2)19-9(13)7(6-8(11)12)20(14,15)16;/h7H,4-6H2,1-3H3,(H,11,12)(H,14,15,16);/q;+1/p-1. The van der Waals surface area contributed by atoms with Crippen LogP contribution in [0.25, 0.3) is 0 Å². The molecule has 0 saturated carbocycles. The number of aliphatic carboxylic acids is 1. The van der Waals surface area contributed by atoms with E-state index in [2.05, 4.69) is 0 Å². The van der Waals surface area contributed by atoms with Gasteiger partial charge in [-0.3, -0.25) is 9.35 Å². The third-order valence-electron chi connectivity index (χ3n) is 2.07. The second kappa shape index (κ2) is 9.72. The van der Waals surface area contributed by atoms with Gasteiger partial charge in [-0.2, -0.15) is 8.42 Å². The fraction of sp³-hybridized carbons (Fsp3) is 0.800. The van der Waals surface area contributed by atoms with E-state index in [4.69, 9.17) is 18.8 Å². The Kier molecular flexibility index (Phi) is 10.7. The normalized spacial score (nSPS) is 13.1. The zero-order chi connectivity index (χ0) is 16.0. The molecular weight excluding hydrogens is 319 g/mol. The van der Waals surface area contributed by atoms with Crippen molar-refractivity contribution in [3.63, 3.8) is 0 Å². The van der Waals surface area contributed by atoms with Crippen LogP contribution >= 0.6 is 0 Å². The molecule has 0 aliphatic rings. The molecule has 9 nitrogen and oxygen atoms in total. The average Bonchev–Trinajstić information content (AvgIpc) is 2.24. The van der Waals surface area contributed by atoms with Gasteiger partial charge in [-0.1, -0.05) is 0 Å². The Balaban J connectivity index is 0. The molecule has 0 aliphatic heterocycles. The summed E-state index contributed by atoms with van der Waals surface area (Å²) in [7, 11) is -4.97. The Bertz CT molecular complexity index is 441. The molecule has 1 unspecified atom stereocenters. The molecule has 0 radical (unpaired) electrons. The molecule has 0 aromatic carbocycles. The molecule has 0 rings (SSSR count). The van der Waals surface area contributed by atoms with Crippen molar-refractivity contribution in [3.05, 3.63) is 0 Å². The number of esters is 1. The van der Waals surface area contributed by atoms with E-state index in [0.29, 0.717) is 0 Å². The van der Waals surface area contributed by atoms with Gasteiger partial charge in [-0.15, -0.1) is 0 Å². The van der Waals surface area contributed by atoms with E-state index in [9.17, 15) is 23.1 Å². The first-order chi connectivity index (χ1) is 9.05. The minimum Gasteiger partial charge on any atom is -0.550 e. The quantitative estimate of drug-likeness (QED) is 0.191. The van der Waals surface area contributed by atoms with Gasteiger partial charge < -0.3 is 24.1 Å². The SMILES string of the molecule is CCOC(C)(OCC)OC(=O)C(CC(=O)[O-])S(=O)(=O)O.[Na+]. The molecule has 0 aromatic heterocycles. The molecule has 11 heteroatoms. The monoisotopic (exact) mass is 336 g/mol. The van der Waals surface area contributed by atoms with Crippen LogP contribution in [0.4, 0.5) is 0 Å². The Morgan fingerprint density at radius 2 is 1.67 bits per heavy atom. The molecule has 0 heterocycles. The average molecular weight is 336 g/mol. The Morgan fingerprint density at radius 1 is 1.24 bits per heavy atom. The number of ether oxygens (including phenoxy) is 3. The number of carbonyl (C=O) groups is 2. The van der Waals surface area contributed by atoms with E-state index in [1.54, 1.807) is 13.8 Å². The largest absolute Gasteiger partial charge is 1.00 e. The van der Waals surface area contributed by atoms with Crippen LogP contribution in [0.3, 0.4) is 0 Å². The fourth-order valence-corrected chi connectivity index (χ4v) is 1.97. The minimum absolute atomic E-state index is 0. The maximum atomic E-state index is 11.7. The van der Waals surface area contributed by atoms with Crippen LogP contribution in [0.15, 0.2) is 0 Å². The predicted molar refractivity (Wildman–Crippen MR) is 62.7 cm³/mol. The van der Waals surface area contributed by atoms with Crippen LogP contribution in [-0.4, -0.2) is 49.3 Å². The first-order valence-electron chi connectivity index (χ1n) is 5.72. The van der Waals surface area contributed by atoms with Gasteiger partial charge in [0, 0.05) is 19.3 Å². The summed E-state index contributed by atoms with van der Waals surface area (Å²) in [5.41, 5.74) is 0. The van der Waals surface area contributed by atoms with Crippen LogP contribution in [0.5, 0.6) is 0 Å². The second-order valence-electron chi connectivity index (χ2n) is 3.73. The summed E-state index contributed by atoms with van der Waals surface area (Å²) in [5, 5.41) is 8.11. The van der Waals surface area contributed by atoms with Crippen LogP contribution in [-0.2, 0) is 33.9 Å². The van der Waals surface area contributed by atoms with Gasteiger partial charge in [0.15, 0.2) is 5.25 Å². The van der Waals surface area contributed by atoms with Crippen LogP contribution in [0, 0.1) is 0 Å². The molecule has 0 aromatic rings. The van der Waals surface area contributed by atoms with Crippen molar-refractivity contribution >= 4 is 22.1 Å². The number of carbonyl (C=O) groups excluding carboxylic acids is 2. The van der Waals surface area contributed by atoms with Crippen LogP contribution < -0.4 is 34.7 Å². The summed E-state index contributed by atoms with van der Waals surface area (Å²) in [5.74, 6) is -5.23. The maximum absolute atomic E-state index is 11.7. The van der Waals surface area contributed by atoms with Gasteiger partial charge in [-0.25, -0.2) is 0 Å². The number of hydrogen-bond donors (Lipinski definition) is 1. The third-order valence-corrected chi connectivity index (χ3v) is 3.15. The molecule has 1 atom stereocenters.